The summed E-state index contributed by atoms with van der Waals surface area (Å²) in [4.78, 5) is 20.7. The van der Waals surface area contributed by atoms with Gasteiger partial charge in [0.05, 0.1) is 9.95 Å². The Morgan fingerprint density at radius 1 is 1.50 bits per heavy atom. The molecule has 0 aromatic heterocycles. The van der Waals surface area contributed by atoms with Gasteiger partial charge in [-0.25, -0.2) is 0 Å². The van der Waals surface area contributed by atoms with Gasteiger partial charge < -0.3 is 0 Å². The van der Waals surface area contributed by atoms with Gasteiger partial charge in [-0.1, -0.05) is 11.6 Å². The largest absolute Gasteiger partial charge is 0.284 e. The molecule has 0 saturated carbocycles. The lowest BCUT2D eigenvalue weighted by Crippen LogP contribution is -2.00. The summed E-state index contributed by atoms with van der Waals surface area (Å²) in [5, 5.41) is 9.62. The van der Waals surface area contributed by atoms with E-state index in [2.05, 4.69) is 0 Å². The molecule has 0 N–H and O–H groups in total. The van der Waals surface area contributed by atoms with E-state index in [1.807, 2.05) is 22.6 Å². The van der Waals surface area contributed by atoms with Gasteiger partial charge in [0, 0.05) is 9.64 Å². The van der Waals surface area contributed by atoms with Crippen LogP contribution in [0.25, 0.3) is 0 Å². The molecule has 0 radical (unpaired) electrons. The second kappa shape index (κ2) is 4.41. The number of nitro groups is 1. The molecular weight excluding hydrogens is 344 g/mol. The highest BCUT2D eigenvalue weighted by Crippen LogP contribution is 2.30. The van der Waals surface area contributed by atoms with Crippen molar-refractivity contribution in [3.63, 3.8) is 0 Å². The number of hydrogen-bond acceptors (Lipinski definition) is 3. The highest BCUT2D eigenvalue weighted by molar-refractivity contribution is 14.1. The highest BCUT2D eigenvalue weighted by Gasteiger charge is 2.22. The Morgan fingerprint density at radius 2 is 2.07 bits per heavy atom. The fraction of sp³-hybridized carbons (Fsp3) is 0. The molecule has 74 valence electrons. The highest BCUT2D eigenvalue weighted by atomic mass is 127. The third-order valence-electron chi connectivity index (χ3n) is 1.43. The predicted octanol–water partition coefficient (Wildman–Crippen LogP) is 3.23. The number of nitro benzene ring substituents is 1. The smallest absolute Gasteiger partial charge is 0.275 e. The van der Waals surface area contributed by atoms with Gasteiger partial charge in [-0.15, -0.1) is 0 Å². The van der Waals surface area contributed by atoms with E-state index in [0.717, 1.165) is 0 Å². The zero-order valence-corrected chi connectivity index (χ0v) is 10.1. The summed E-state index contributed by atoms with van der Waals surface area (Å²) >= 11 is 12.7. The molecule has 0 aliphatic rings. The van der Waals surface area contributed by atoms with Crippen molar-refractivity contribution in [2.24, 2.45) is 0 Å². The van der Waals surface area contributed by atoms with Crippen molar-refractivity contribution >= 4 is 56.7 Å². The van der Waals surface area contributed by atoms with Crippen LogP contribution in [-0.4, -0.2) is 10.2 Å². The minimum absolute atomic E-state index is 0.0106. The maximum atomic E-state index is 10.9. The lowest BCUT2D eigenvalue weighted by atomic mass is 10.2. The van der Waals surface area contributed by atoms with E-state index in [9.17, 15) is 14.9 Å². The molecule has 0 atom stereocenters. The van der Waals surface area contributed by atoms with Crippen LogP contribution in [0.1, 0.15) is 10.4 Å². The van der Waals surface area contributed by atoms with Crippen LogP contribution in [0, 0.1) is 13.7 Å². The van der Waals surface area contributed by atoms with Gasteiger partial charge in [0.2, 0.25) is 0 Å². The number of carbonyl (C=O) groups is 1. The van der Waals surface area contributed by atoms with Gasteiger partial charge in [-0.2, -0.15) is 0 Å². The molecular formula is C7H2Cl2INO3. The van der Waals surface area contributed by atoms with Crippen molar-refractivity contribution < 1.29 is 9.72 Å². The third kappa shape index (κ3) is 2.34. The molecule has 0 aliphatic carbocycles. The van der Waals surface area contributed by atoms with Crippen molar-refractivity contribution in [3.8, 4) is 0 Å². The van der Waals surface area contributed by atoms with E-state index in [0.29, 0.717) is 3.57 Å². The zero-order chi connectivity index (χ0) is 10.9. The second-order valence-electron chi connectivity index (χ2n) is 2.31. The number of nitrogens with zero attached hydrogens (tertiary/aromatic N) is 1. The molecule has 0 aliphatic heterocycles. The number of carbonyl (C=O) groups excluding carboxylic acids is 1. The summed E-state index contributed by atoms with van der Waals surface area (Å²) in [5.41, 5.74) is -0.638. The minimum atomic E-state index is -0.932. The predicted molar refractivity (Wildman–Crippen MR) is 61.0 cm³/mol. The molecule has 7 heteroatoms. The molecule has 0 heterocycles. The topological polar surface area (TPSA) is 60.2 Å². The van der Waals surface area contributed by atoms with Gasteiger partial charge in [0.25, 0.3) is 10.9 Å². The summed E-state index contributed by atoms with van der Waals surface area (Å²) in [6, 6.07) is 2.67. The summed E-state index contributed by atoms with van der Waals surface area (Å²) in [6.07, 6.45) is 0. The molecule has 0 saturated heterocycles. The minimum Gasteiger partial charge on any atom is -0.275 e. The lowest BCUT2D eigenvalue weighted by molar-refractivity contribution is -0.385. The van der Waals surface area contributed by atoms with Crippen LogP contribution in [0.3, 0.4) is 0 Å². The Hall–Kier alpha value is -0.400. The van der Waals surface area contributed by atoms with Gasteiger partial charge >= 0.3 is 0 Å². The number of halogens is 3. The van der Waals surface area contributed by atoms with E-state index < -0.39 is 10.2 Å². The molecule has 0 bridgehead atoms. The maximum Gasteiger partial charge on any atom is 0.284 e. The second-order valence-corrected chi connectivity index (χ2v) is 4.31. The van der Waals surface area contributed by atoms with Crippen LogP contribution in [0.4, 0.5) is 5.69 Å². The number of hydrogen-bond donors (Lipinski definition) is 0. The summed E-state index contributed by atoms with van der Waals surface area (Å²) < 4.78 is 0.570. The standard InChI is InChI=1S/C7H2Cl2INO3/c8-4-1-3(10)2-5(11(13)14)6(4)7(9)12/h1-2H. The van der Waals surface area contributed by atoms with Crippen molar-refractivity contribution in [2.45, 2.75) is 0 Å². The van der Waals surface area contributed by atoms with E-state index in [-0.39, 0.29) is 16.3 Å². The van der Waals surface area contributed by atoms with Crippen LogP contribution < -0.4 is 0 Å². The monoisotopic (exact) mass is 345 g/mol. The first-order valence-corrected chi connectivity index (χ1v) is 5.10. The maximum absolute atomic E-state index is 10.9. The Morgan fingerprint density at radius 3 is 2.50 bits per heavy atom. The Kier molecular flexibility index (Phi) is 3.68. The van der Waals surface area contributed by atoms with Gasteiger partial charge in [0.15, 0.2) is 0 Å². The number of benzene rings is 1. The molecule has 0 unspecified atom stereocenters. The average molecular weight is 346 g/mol. The van der Waals surface area contributed by atoms with E-state index >= 15 is 0 Å². The van der Waals surface area contributed by atoms with Crippen LogP contribution in [0.15, 0.2) is 12.1 Å². The Labute approximate surface area is 102 Å². The van der Waals surface area contributed by atoms with Gasteiger partial charge in [-0.3, -0.25) is 14.9 Å². The van der Waals surface area contributed by atoms with Crippen LogP contribution in [0.2, 0.25) is 5.02 Å². The Bertz CT molecular complexity index is 422. The first-order chi connectivity index (χ1) is 6.43. The number of rotatable bonds is 2. The van der Waals surface area contributed by atoms with Crippen molar-refractivity contribution in [1.82, 2.24) is 0 Å². The Balaban J connectivity index is 3.52. The first kappa shape index (κ1) is 11.7. The first-order valence-electron chi connectivity index (χ1n) is 3.26. The van der Waals surface area contributed by atoms with Crippen LogP contribution >= 0.6 is 45.8 Å². The van der Waals surface area contributed by atoms with Gasteiger partial charge in [0.1, 0.15) is 5.56 Å². The fourth-order valence-electron chi connectivity index (χ4n) is 0.899. The molecule has 1 aromatic rings. The van der Waals surface area contributed by atoms with E-state index in [1.165, 1.54) is 12.1 Å². The molecule has 14 heavy (non-hydrogen) atoms. The third-order valence-corrected chi connectivity index (χ3v) is 2.54. The van der Waals surface area contributed by atoms with Crippen molar-refractivity contribution in [2.75, 3.05) is 0 Å². The molecule has 0 amide bonds. The molecule has 0 fully saturated rings. The van der Waals surface area contributed by atoms with Crippen LogP contribution in [0.5, 0.6) is 0 Å². The fourth-order valence-corrected chi connectivity index (χ4v) is 2.24. The van der Waals surface area contributed by atoms with Crippen molar-refractivity contribution in [3.05, 3.63) is 36.4 Å². The van der Waals surface area contributed by atoms with Crippen molar-refractivity contribution in [1.29, 1.82) is 0 Å². The molecule has 1 rings (SSSR count). The quantitative estimate of drug-likeness (QED) is 0.358. The van der Waals surface area contributed by atoms with E-state index in [4.69, 9.17) is 23.2 Å². The zero-order valence-electron chi connectivity index (χ0n) is 6.46. The van der Waals surface area contributed by atoms with Crippen LogP contribution in [-0.2, 0) is 0 Å². The lowest BCUT2D eigenvalue weighted by Gasteiger charge is -2.01. The summed E-state index contributed by atoms with van der Waals surface area (Å²) in [7, 11) is 0. The molecule has 1 aromatic carbocycles. The molecule has 4 nitrogen and oxygen atoms in total. The average Bonchev–Trinajstić information content (AvgIpc) is 2.01. The molecule has 0 spiro atoms. The summed E-state index contributed by atoms with van der Waals surface area (Å²) in [6.45, 7) is 0. The summed E-state index contributed by atoms with van der Waals surface area (Å²) in [5.74, 6) is 0. The normalized spacial score (nSPS) is 9.93. The van der Waals surface area contributed by atoms with Gasteiger partial charge in [-0.05, 0) is 40.3 Å². The van der Waals surface area contributed by atoms with E-state index in [1.54, 1.807) is 0 Å². The SMILES string of the molecule is O=C(Cl)c1c(Cl)cc(I)cc1[N+](=O)[O-].